The summed E-state index contributed by atoms with van der Waals surface area (Å²) >= 11 is 0. The van der Waals surface area contributed by atoms with Gasteiger partial charge in [0.25, 0.3) is 0 Å². The second kappa shape index (κ2) is 7.66. The highest BCUT2D eigenvalue weighted by Crippen LogP contribution is 2.26. The van der Waals surface area contributed by atoms with Crippen molar-refractivity contribution >= 4 is 5.91 Å². The highest BCUT2D eigenvalue weighted by atomic mass is 19.1. The lowest BCUT2D eigenvalue weighted by Gasteiger charge is -2.40. The number of benzene rings is 2. The normalized spacial score (nSPS) is 22.5. The summed E-state index contributed by atoms with van der Waals surface area (Å²) in [5.41, 5.74) is 8.38. The van der Waals surface area contributed by atoms with Crippen molar-refractivity contribution in [1.29, 1.82) is 0 Å². The van der Waals surface area contributed by atoms with Gasteiger partial charge in [-0.1, -0.05) is 37.3 Å². The van der Waals surface area contributed by atoms with E-state index >= 15 is 0 Å². The summed E-state index contributed by atoms with van der Waals surface area (Å²) in [6.45, 7) is 3.32. The second-order valence-corrected chi connectivity index (χ2v) is 7.13. The molecule has 2 aromatic carbocycles. The predicted octanol–water partition coefficient (Wildman–Crippen LogP) is 2.59. The lowest BCUT2D eigenvalue weighted by molar-refractivity contribution is -0.142. The summed E-state index contributed by atoms with van der Waals surface area (Å²) in [6.07, 6.45) is 1.61. The van der Waals surface area contributed by atoms with Gasteiger partial charge in [-0.25, -0.2) is 15.2 Å². The Bertz CT molecular complexity index is 805. The van der Waals surface area contributed by atoms with Crippen molar-refractivity contribution in [3.05, 3.63) is 65.5 Å². The zero-order valence-corrected chi connectivity index (χ0v) is 15.3. The molecule has 0 spiro atoms. The molecule has 142 valence electrons. The molecule has 2 fully saturated rings. The fraction of sp³-hybridized carbons (Fsp3) is 0.381. The van der Waals surface area contributed by atoms with Gasteiger partial charge in [0.05, 0.1) is 13.1 Å². The SMILES string of the molecule is CCc1ccccc1OC1CN(C(=O)C2CC(c3ccc(F)cc3)NN2)C1. The Labute approximate surface area is 158 Å². The Hall–Kier alpha value is -2.44. The number of hydrogen-bond donors (Lipinski definition) is 2. The molecule has 2 unspecified atom stereocenters. The van der Waals surface area contributed by atoms with E-state index in [4.69, 9.17) is 4.74 Å². The van der Waals surface area contributed by atoms with Crippen LogP contribution in [0.2, 0.25) is 0 Å². The largest absolute Gasteiger partial charge is 0.486 e. The number of hydrazine groups is 1. The van der Waals surface area contributed by atoms with E-state index in [9.17, 15) is 9.18 Å². The topological polar surface area (TPSA) is 53.6 Å². The minimum Gasteiger partial charge on any atom is -0.486 e. The Morgan fingerprint density at radius 1 is 1.15 bits per heavy atom. The number of aryl methyl sites for hydroxylation is 1. The summed E-state index contributed by atoms with van der Waals surface area (Å²) in [5, 5.41) is 0. The number of rotatable bonds is 5. The third-order valence-electron chi connectivity index (χ3n) is 5.28. The molecule has 2 aliphatic rings. The molecule has 2 N–H and O–H groups in total. The van der Waals surface area contributed by atoms with Gasteiger partial charge >= 0.3 is 0 Å². The fourth-order valence-corrected chi connectivity index (χ4v) is 3.64. The van der Waals surface area contributed by atoms with Crippen LogP contribution in [0.4, 0.5) is 4.39 Å². The van der Waals surface area contributed by atoms with Crippen LogP contribution >= 0.6 is 0 Å². The summed E-state index contributed by atoms with van der Waals surface area (Å²) in [4.78, 5) is 14.5. The van der Waals surface area contributed by atoms with Crippen LogP contribution in [0.3, 0.4) is 0 Å². The minimum atomic E-state index is -0.274. The van der Waals surface area contributed by atoms with Crippen LogP contribution in [-0.2, 0) is 11.2 Å². The average molecular weight is 369 g/mol. The average Bonchev–Trinajstić information content (AvgIpc) is 3.15. The summed E-state index contributed by atoms with van der Waals surface area (Å²) in [7, 11) is 0. The molecule has 0 saturated carbocycles. The smallest absolute Gasteiger partial charge is 0.241 e. The van der Waals surface area contributed by atoms with Crippen molar-refractivity contribution < 1.29 is 13.9 Å². The number of nitrogens with zero attached hydrogens (tertiary/aromatic N) is 1. The van der Waals surface area contributed by atoms with Gasteiger partial charge in [-0.05, 0) is 42.2 Å². The predicted molar refractivity (Wildman–Crippen MR) is 101 cm³/mol. The van der Waals surface area contributed by atoms with E-state index in [1.54, 1.807) is 12.1 Å². The molecule has 5 nitrogen and oxygen atoms in total. The van der Waals surface area contributed by atoms with Crippen molar-refractivity contribution in [1.82, 2.24) is 15.8 Å². The Morgan fingerprint density at radius 3 is 2.63 bits per heavy atom. The van der Waals surface area contributed by atoms with Crippen LogP contribution in [0.25, 0.3) is 0 Å². The van der Waals surface area contributed by atoms with Gasteiger partial charge in [0.15, 0.2) is 0 Å². The molecule has 2 heterocycles. The number of halogens is 1. The first-order chi connectivity index (χ1) is 13.1. The molecule has 6 heteroatoms. The standard InChI is InChI=1S/C21H24FN3O2/c1-2-14-5-3-4-6-20(14)27-17-12-25(13-17)21(26)19-11-18(23-24-19)15-7-9-16(22)10-8-15/h3-10,17-19,23-24H,2,11-13H2,1H3. The molecule has 2 aromatic rings. The number of carbonyl (C=O) groups excluding carboxylic acids is 1. The summed E-state index contributed by atoms with van der Waals surface area (Å²) in [5.74, 6) is 0.735. The number of amides is 1. The lowest BCUT2D eigenvalue weighted by atomic mass is 10.0. The first kappa shape index (κ1) is 17.9. The van der Waals surface area contributed by atoms with Gasteiger partial charge in [0.2, 0.25) is 5.91 Å². The van der Waals surface area contributed by atoms with Gasteiger partial charge in [-0.15, -0.1) is 0 Å². The van der Waals surface area contributed by atoms with E-state index in [0.29, 0.717) is 19.5 Å². The number of para-hydroxylation sites is 1. The van der Waals surface area contributed by atoms with Crippen LogP contribution in [0.1, 0.15) is 30.5 Å². The van der Waals surface area contributed by atoms with Gasteiger partial charge in [-0.2, -0.15) is 0 Å². The third-order valence-corrected chi connectivity index (χ3v) is 5.28. The molecule has 0 aliphatic carbocycles. The number of carbonyl (C=O) groups is 1. The Balaban J connectivity index is 1.29. The van der Waals surface area contributed by atoms with Crippen LogP contribution in [0.5, 0.6) is 5.75 Å². The van der Waals surface area contributed by atoms with Gasteiger partial charge < -0.3 is 9.64 Å². The molecule has 27 heavy (non-hydrogen) atoms. The van der Waals surface area contributed by atoms with Crippen molar-refractivity contribution in [2.24, 2.45) is 0 Å². The quantitative estimate of drug-likeness (QED) is 0.851. The molecule has 2 atom stereocenters. The van der Waals surface area contributed by atoms with Crippen LogP contribution < -0.4 is 15.6 Å². The van der Waals surface area contributed by atoms with E-state index in [1.807, 2.05) is 23.1 Å². The number of hydrogen-bond acceptors (Lipinski definition) is 4. The van der Waals surface area contributed by atoms with E-state index in [1.165, 1.54) is 17.7 Å². The van der Waals surface area contributed by atoms with Gasteiger partial charge in [-0.3, -0.25) is 4.79 Å². The molecule has 4 rings (SSSR count). The highest BCUT2D eigenvalue weighted by Gasteiger charge is 2.39. The molecule has 2 aliphatic heterocycles. The Morgan fingerprint density at radius 2 is 1.89 bits per heavy atom. The highest BCUT2D eigenvalue weighted by molar-refractivity contribution is 5.83. The Kier molecular flexibility index (Phi) is 5.09. The zero-order valence-electron chi connectivity index (χ0n) is 15.3. The zero-order chi connectivity index (χ0) is 18.8. The maximum atomic E-state index is 13.1. The second-order valence-electron chi connectivity index (χ2n) is 7.13. The molecular weight excluding hydrogens is 345 g/mol. The number of ether oxygens (including phenoxy) is 1. The molecular formula is C21H24FN3O2. The summed E-state index contributed by atoms with van der Waals surface area (Å²) in [6, 6.07) is 14.2. The number of nitrogens with one attached hydrogen (secondary N) is 2. The van der Waals surface area contributed by atoms with E-state index < -0.39 is 0 Å². The maximum absolute atomic E-state index is 13.1. The third kappa shape index (κ3) is 3.82. The minimum absolute atomic E-state index is 0.00399. The molecule has 0 bridgehead atoms. The maximum Gasteiger partial charge on any atom is 0.241 e. The van der Waals surface area contributed by atoms with E-state index in [0.717, 1.165) is 17.7 Å². The lowest BCUT2D eigenvalue weighted by Crippen LogP contribution is -2.60. The van der Waals surface area contributed by atoms with Crippen molar-refractivity contribution in [3.63, 3.8) is 0 Å². The van der Waals surface area contributed by atoms with E-state index in [-0.39, 0.29) is 29.9 Å². The molecule has 0 aromatic heterocycles. The van der Waals surface area contributed by atoms with Crippen LogP contribution in [0.15, 0.2) is 48.5 Å². The van der Waals surface area contributed by atoms with Crippen molar-refractivity contribution in [2.75, 3.05) is 13.1 Å². The monoisotopic (exact) mass is 369 g/mol. The van der Waals surface area contributed by atoms with Gasteiger partial charge in [0, 0.05) is 6.04 Å². The molecule has 0 radical (unpaired) electrons. The fourth-order valence-electron chi connectivity index (χ4n) is 3.64. The molecule has 1 amide bonds. The van der Waals surface area contributed by atoms with E-state index in [2.05, 4.69) is 23.8 Å². The van der Waals surface area contributed by atoms with Crippen LogP contribution in [0, 0.1) is 5.82 Å². The van der Waals surface area contributed by atoms with Crippen LogP contribution in [-0.4, -0.2) is 36.0 Å². The number of likely N-dealkylation sites (tertiary alicyclic amines) is 1. The summed E-state index contributed by atoms with van der Waals surface area (Å²) < 4.78 is 19.1. The van der Waals surface area contributed by atoms with Gasteiger partial charge in [0.1, 0.15) is 23.7 Å². The first-order valence-corrected chi connectivity index (χ1v) is 9.44. The molecule has 2 saturated heterocycles. The first-order valence-electron chi connectivity index (χ1n) is 9.44. The van der Waals surface area contributed by atoms with Crippen molar-refractivity contribution in [3.8, 4) is 5.75 Å². The van der Waals surface area contributed by atoms with Crippen molar-refractivity contribution in [2.45, 2.75) is 38.0 Å².